The molecule has 2 heterocycles. The monoisotopic (exact) mass is 529 g/mol. The van der Waals surface area contributed by atoms with Crippen LogP contribution in [0.3, 0.4) is 0 Å². The van der Waals surface area contributed by atoms with E-state index in [-0.39, 0.29) is 24.1 Å². The van der Waals surface area contributed by atoms with Crippen molar-refractivity contribution < 1.29 is 23.5 Å². The second-order valence-corrected chi connectivity index (χ2v) is 12.0. The van der Waals surface area contributed by atoms with E-state index >= 15 is 0 Å². The smallest absolute Gasteiger partial charge is 0.368 e. The minimum absolute atomic E-state index is 0.134. The molecule has 2 unspecified atom stereocenters. The summed E-state index contributed by atoms with van der Waals surface area (Å²) in [4.78, 5) is 4.69. The van der Waals surface area contributed by atoms with Crippen LogP contribution >= 0.6 is 19.2 Å². The molecule has 1 fully saturated rings. The lowest BCUT2D eigenvalue weighted by Crippen LogP contribution is -2.17. The van der Waals surface area contributed by atoms with E-state index in [1.807, 2.05) is 58.0 Å². The summed E-state index contributed by atoms with van der Waals surface area (Å²) in [7, 11) is -3.45. The Labute approximate surface area is 218 Å². The Morgan fingerprint density at radius 3 is 2.67 bits per heavy atom. The summed E-state index contributed by atoms with van der Waals surface area (Å²) in [6.07, 6.45) is 0.720. The van der Waals surface area contributed by atoms with Gasteiger partial charge in [0.05, 0.1) is 18.4 Å². The molecule has 8 heteroatoms. The van der Waals surface area contributed by atoms with E-state index in [0.717, 1.165) is 33.5 Å². The summed E-state index contributed by atoms with van der Waals surface area (Å²) in [6, 6.07) is 12.9. The number of nitrogens with zero attached hydrogens (tertiary/aromatic N) is 1. The molecule has 0 radical (unpaired) electrons. The van der Waals surface area contributed by atoms with Gasteiger partial charge in [-0.2, -0.15) is 0 Å². The first-order chi connectivity index (χ1) is 17.1. The van der Waals surface area contributed by atoms with Gasteiger partial charge in [0.15, 0.2) is 6.35 Å². The number of benzene rings is 2. The topological polar surface area (TPSA) is 77.9 Å². The highest BCUT2D eigenvalue weighted by Gasteiger charge is 2.35. The van der Waals surface area contributed by atoms with E-state index < -0.39 is 7.60 Å². The molecule has 2 aromatic carbocycles. The quantitative estimate of drug-likeness (QED) is 0.315. The Bertz CT molecular complexity index is 1310. The zero-order chi connectivity index (χ0) is 26.0. The molecule has 1 aliphatic heterocycles. The van der Waals surface area contributed by atoms with Crippen LogP contribution < -0.4 is 4.74 Å². The maximum Gasteiger partial charge on any atom is 0.368 e. The van der Waals surface area contributed by atoms with Crippen LogP contribution in [0.2, 0.25) is 5.02 Å². The largest absolute Gasteiger partial charge is 0.506 e. The van der Waals surface area contributed by atoms with E-state index in [0.29, 0.717) is 35.9 Å². The highest BCUT2D eigenvalue weighted by Crippen LogP contribution is 2.56. The molecule has 0 saturated carbocycles. The van der Waals surface area contributed by atoms with Crippen LogP contribution in [0.1, 0.15) is 71.5 Å². The lowest BCUT2D eigenvalue weighted by atomic mass is 9.93. The SMILES string of the molecule is Cc1cc(OCP2(=O)OCCC(c3cccc(Cl)c3)O2)c(C)c(C)c1Cc1ccc(O)c(C(C)C)n1. The van der Waals surface area contributed by atoms with Crippen LogP contribution in [0.4, 0.5) is 0 Å². The van der Waals surface area contributed by atoms with Crippen molar-refractivity contribution >= 4 is 19.2 Å². The fourth-order valence-corrected chi connectivity index (χ4v) is 6.15. The van der Waals surface area contributed by atoms with Crippen LogP contribution in [0.25, 0.3) is 0 Å². The molecule has 0 bridgehead atoms. The summed E-state index contributed by atoms with van der Waals surface area (Å²) >= 11 is 6.12. The number of pyridine rings is 1. The molecule has 192 valence electrons. The Morgan fingerprint density at radius 1 is 1.17 bits per heavy atom. The second kappa shape index (κ2) is 10.9. The van der Waals surface area contributed by atoms with Gasteiger partial charge in [-0.05, 0) is 84.8 Å². The Kier molecular flexibility index (Phi) is 8.11. The molecular formula is C28H33ClNO5P. The van der Waals surface area contributed by atoms with Gasteiger partial charge in [0.1, 0.15) is 11.5 Å². The van der Waals surface area contributed by atoms with Gasteiger partial charge >= 0.3 is 7.60 Å². The maximum absolute atomic E-state index is 13.3. The van der Waals surface area contributed by atoms with Crippen molar-refractivity contribution in [3.63, 3.8) is 0 Å². The van der Waals surface area contributed by atoms with Crippen LogP contribution in [-0.2, 0) is 20.0 Å². The summed E-state index contributed by atoms with van der Waals surface area (Å²) < 4.78 is 30.8. The summed E-state index contributed by atoms with van der Waals surface area (Å²) in [6.45, 7) is 10.4. The first-order valence-electron chi connectivity index (χ1n) is 12.1. The number of ether oxygens (including phenoxy) is 1. The van der Waals surface area contributed by atoms with Gasteiger partial charge in [-0.15, -0.1) is 0 Å². The summed E-state index contributed by atoms with van der Waals surface area (Å²) in [5.74, 6) is 1.01. The molecule has 1 saturated heterocycles. The zero-order valence-corrected chi connectivity index (χ0v) is 23.0. The van der Waals surface area contributed by atoms with Crippen LogP contribution in [0.15, 0.2) is 42.5 Å². The van der Waals surface area contributed by atoms with Crippen LogP contribution in [0, 0.1) is 20.8 Å². The van der Waals surface area contributed by atoms with Gasteiger partial charge < -0.3 is 14.4 Å². The molecule has 4 rings (SSSR count). The Balaban J connectivity index is 1.50. The van der Waals surface area contributed by atoms with Crippen molar-refractivity contribution in [2.45, 2.75) is 59.5 Å². The number of hydrogen-bond acceptors (Lipinski definition) is 6. The molecule has 36 heavy (non-hydrogen) atoms. The van der Waals surface area contributed by atoms with Gasteiger partial charge in [-0.25, -0.2) is 0 Å². The van der Waals surface area contributed by atoms with Gasteiger partial charge in [0.2, 0.25) is 0 Å². The first kappa shape index (κ1) is 26.7. The van der Waals surface area contributed by atoms with E-state index in [1.54, 1.807) is 12.1 Å². The summed E-state index contributed by atoms with van der Waals surface area (Å²) in [5, 5.41) is 10.7. The molecule has 1 aliphatic rings. The third-order valence-corrected chi connectivity index (χ3v) is 8.46. The van der Waals surface area contributed by atoms with E-state index in [2.05, 4.69) is 11.9 Å². The highest BCUT2D eigenvalue weighted by molar-refractivity contribution is 7.53. The molecule has 1 aromatic heterocycles. The third-order valence-electron chi connectivity index (χ3n) is 6.63. The van der Waals surface area contributed by atoms with Crippen molar-refractivity contribution in [1.82, 2.24) is 4.98 Å². The van der Waals surface area contributed by atoms with Gasteiger partial charge in [-0.1, -0.05) is 37.6 Å². The number of hydrogen-bond donors (Lipinski definition) is 1. The number of aromatic hydroxyl groups is 1. The normalized spacial score (nSPS) is 20.0. The summed E-state index contributed by atoms with van der Waals surface area (Å²) in [5.41, 5.74) is 6.74. The van der Waals surface area contributed by atoms with Crippen molar-refractivity contribution in [3.05, 3.63) is 86.7 Å². The number of rotatable bonds is 7. The van der Waals surface area contributed by atoms with Gasteiger partial charge in [0, 0.05) is 23.6 Å². The van der Waals surface area contributed by atoms with Gasteiger partial charge in [0.25, 0.3) is 0 Å². The average Bonchev–Trinajstić information content (AvgIpc) is 2.84. The first-order valence-corrected chi connectivity index (χ1v) is 14.3. The maximum atomic E-state index is 13.3. The van der Waals surface area contributed by atoms with Crippen molar-refractivity contribution in [1.29, 1.82) is 0 Å². The van der Waals surface area contributed by atoms with Crippen LogP contribution in [-0.4, -0.2) is 23.0 Å². The lowest BCUT2D eigenvalue weighted by Gasteiger charge is -2.30. The fraction of sp³-hybridized carbons (Fsp3) is 0.393. The van der Waals surface area contributed by atoms with Crippen molar-refractivity contribution in [3.8, 4) is 11.5 Å². The molecule has 0 amide bonds. The molecule has 6 nitrogen and oxygen atoms in total. The Morgan fingerprint density at radius 2 is 1.94 bits per heavy atom. The molecule has 3 aromatic rings. The Hall–Kier alpha value is -2.37. The van der Waals surface area contributed by atoms with E-state index in [4.69, 9.17) is 25.4 Å². The number of aryl methyl sites for hydroxylation is 1. The van der Waals surface area contributed by atoms with Gasteiger partial charge in [-0.3, -0.25) is 14.1 Å². The molecular weight excluding hydrogens is 497 g/mol. The molecule has 0 aliphatic carbocycles. The van der Waals surface area contributed by atoms with Crippen molar-refractivity contribution in [2.24, 2.45) is 0 Å². The number of halogens is 1. The molecule has 2 atom stereocenters. The highest BCUT2D eigenvalue weighted by atomic mass is 35.5. The zero-order valence-electron chi connectivity index (χ0n) is 21.4. The third kappa shape index (κ3) is 5.95. The predicted molar refractivity (Wildman–Crippen MR) is 142 cm³/mol. The standard InChI is InChI=1S/C28H33ClNO5P/c1-17(2)28-25(31)10-9-23(30-28)15-24-18(3)13-27(20(5)19(24)4)33-16-36(32)34-12-11-26(35-36)21-7-6-8-22(29)14-21/h6-10,13-14,17,26,31H,11-12,15-16H2,1-5H3. The van der Waals surface area contributed by atoms with E-state index in [9.17, 15) is 9.67 Å². The van der Waals surface area contributed by atoms with E-state index in [1.165, 1.54) is 0 Å². The average molecular weight is 530 g/mol. The molecule has 0 spiro atoms. The minimum Gasteiger partial charge on any atom is -0.506 e. The minimum atomic E-state index is -3.45. The second-order valence-electron chi connectivity index (χ2n) is 9.61. The predicted octanol–water partition coefficient (Wildman–Crippen LogP) is 7.79. The molecule has 1 N–H and O–H groups in total. The lowest BCUT2D eigenvalue weighted by molar-refractivity contribution is 0.0725. The van der Waals surface area contributed by atoms with Crippen molar-refractivity contribution in [2.75, 3.05) is 13.0 Å². The van der Waals surface area contributed by atoms with Crippen LogP contribution in [0.5, 0.6) is 11.5 Å². The fourth-order valence-electron chi connectivity index (χ4n) is 4.46. The number of aromatic nitrogens is 1.